The Kier molecular flexibility index (Phi) is 8.80. The summed E-state index contributed by atoms with van der Waals surface area (Å²) >= 11 is 0.676. The van der Waals surface area contributed by atoms with Crippen molar-refractivity contribution in [3.63, 3.8) is 0 Å². The zero-order chi connectivity index (χ0) is 25.8. The highest BCUT2D eigenvalue weighted by Gasteiger charge is 2.30. The van der Waals surface area contributed by atoms with E-state index in [1.54, 1.807) is 18.2 Å². The molecule has 0 fully saturated rings. The summed E-state index contributed by atoms with van der Waals surface area (Å²) < 4.78 is 55.7. The number of nitrogens with zero attached hydrogens (tertiary/aromatic N) is 2. The third-order valence-corrected chi connectivity index (χ3v) is 7.80. The first-order valence-electron chi connectivity index (χ1n) is 10.1. The number of rotatable bonds is 11. The van der Waals surface area contributed by atoms with Crippen LogP contribution in [0.5, 0.6) is 5.75 Å². The fraction of sp³-hybridized carbons (Fsp3) is 0.450. The number of carbonyl (C=O) groups is 2. The van der Waals surface area contributed by atoms with Gasteiger partial charge in [0.2, 0.25) is 21.8 Å². The summed E-state index contributed by atoms with van der Waals surface area (Å²) in [4.78, 5) is 29.9. The summed E-state index contributed by atoms with van der Waals surface area (Å²) in [5, 5.41) is -0.0739. The molecule has 0 unspecified atom stereocenters. The minimum absolute atomic E-state index is 0.0739. The van der Waals surface area contributed by atoms with Crippen LogP contribution in [0, 0.1) is 12.8 Å². The molecule has 34 heavy (non-hydrogen) atoms. The number of aromatic nitrogens is 1. The summed E-state index contributed by atoms with van der Waals surface area (Å²) in [6.07, 6.45) is 1.21. The lowest BCUT2D eigenvalue weighted by Crippen LogP contribution is -2.31. The zero-order valence-electron chi connectivity index (χ0n) is 19.5. The number of nitrogens with two attached hydrogens (primary N) is 1. The number of sulfonamides is 1. The molecule has 0 aliphatic carbocycles. The average Bonchev–Trinajstić information content (AvgIpc) is 3.09. The number of thiazole rings is 1. The lowest BCUT2D eigenvalue weighted by atomic mass is 10.2. The molecule has 2 rings (SSSR count). The smallest absolute Gasteiger partial charge is 0.242 e. The van der Waals surface area contributed by atoms with E-state index in [9.17, 15) is 26.4 Å². The van der Waals surface area contributed by atoms with Gasteiger partial charge in [-0.05, 0) is 30.5 Å². The maximum absolute atomic E-state index is 13.1. The second kappa shape index (κ2) is 10.8. The van der Waals surface area contributed by atoms with E-state index in [1.807, 2.05) is 20.8 Å². The van der Waals surface area contributed by atoms with Crippen molar-refractivity contribution in [3.8, 4) is 5.75 Å². The lowest BCUT2D eigenvalue weighted by molar-refractivity contribution is -0.125. The van der Waals surface area contributed by atoms with Gasteiger partial charge in [-0.25, -0.2) is 26.5 Å². The number of carbonyl (C=O) groups excluding carboxylic acids is 2. The Bertz CT molecular complexity index is 1290. The lowest BCUT2D eigenvalue weighted by Gasteiger charge is -2.23. The van der Waals surface area contributed by atoms with Crippen molar-refractivity contribution >= 4 is 53.8 Å². The summed E-state index contributed by atoms with van der Waals surface area (Å²) in [5.41, 5.74) is 6.25. The Morgan fingerprint density at radius 2 is 1.85 bits per heavy atom. The molecule has 0 saturated heterocycles. The van der Waals surface area contributed by atoms with E-state index < -0.39 is 44.6 Å². The minimum atomic E-state index is -3.82. The SMILES string of the molecule is Cc1ccc(N(C(=O)CC(N)=O)c2nc(CNS(C)(=O)=O)c(S(C)(=O)=O)s2)c(OCC(C)C)c1. The number of amides is 2. The summed E-state index contributed by atoms with van der Waals surface area (Å²) in [5.74, 6) is -1.13. The predicted molar refractivity (Wildman–Crippen MR) is 129 cm³/mol. The van der Waals surface area contributed by atoms with Crippen LogP contribution in [-0.2, 0) is 36.0 Å². The molecule has 0 saturated carbocycles. The molecule has 2 aromatic rings. The standard InChI is InChI=1S/C20H28N4O7S3/c1-12(2)11-31-16-8-13(3)6-7-15(16)24(18(26)9-17(21)25)20-23-14(10-22-34(5,29)30)19(32-20)33(4,27)28/h6-8,12,22H,9-11H2,1-5H3,(H2,21,25). The van der Waals surface area contributed by atoms with Crippen LogP contribution in [-0.4, -0.2) is 52.8 Å². The quantitative estimate of drug-likeness (QED) is 0.411. The van der Waals surface area contributed by atoms with Gasteiger partial charge < -0.3 is 10.5 Å². The first kappa shape index (κ1) is 27.7. The summed E-state index contributed by atoms with van der Waals surface area (Å²) in [6.45, 7) is 5.67. The Morgan fingerprint density at radius 3 is 2.38 bits per heavy atom. The number of nitrogens with one attached hydrogen (secondary N) is 1. The normalized spacial score (nSPS) is 12.1. The minimum Gasteiger partial charge on any atom is -0.491 e. The van der Waals surface area contributed by atoms with Gasteiger partial charge >= 0.3 is 0 Å². The maximum atomic E-state index is 13.1. The predicted octanol–water partition coefficient (Wildman–Crippen LogP) is 1.48. The van der Waals surface area contributed by atoms with Crippen LogP contribution >= 0.6 is 11.3 Å². The Labute approximate surface area is 203 Å². The molecule has 3 N–H and O–H groups in total. The number of primary amides is 1. The molecular formula is C20H28N4O7S3. The molecule has 0 radical (unpaired) electrons. The van der Waals surface area contributed by atoms with Crippen molar-refractivity contribution in [2.45, 2.75) is 37.9 Å². The molecule has 14 heteroatoms. The van der Waals surface area contributed by atoms with E-state index in [0.29, 0.717) is 23.7 Å². The molecule has 0 bridgehead atoms. The average molecular weight is 533 g/mol. The Balaban J connectivity index is 2.70. The molecule has 0 atom stereocenters. The second-order valence-electron chi connectivity index (χ2n) is 8.14. The van der Waals surface area contributed by atoms with Crippen molar-refractivity contribution in [2.75, 3.05) is 24.0 Å². The summed E-state index contributed by atoms with van der Waals surface area (Å²) in [6, 6.07) is 5.03. The van der Waals surface area contributed by atoms with E-state index >= 15 is 0 Å². The highest BCUT2D eigenvalue weighted by Crippen LogP contribution is 2.39. The number of ether oxygens (including phenoxy) is 1. The van der Waals surface area contributed by atoms with E-state index in [-0.39, 0.29) is 26.6 Å². The van der Waals surface area contributed by atoms with Crippen LogP contribution in [0.25, 0.3) is 0 Å². The number of hydrogen-bond acceptors (Lipinski definition) is 9. The molecule has 188 valence electrons. The van der Waals surface area contributed by atoms with Gasteiger partial charge in [-0.3, -0.25) is 14.5 Å². The van der Waals surface area contributed by atoms with Crippen LogP contribution in [0.15, 0.2) is 22.4 Å². The van der Waals surface area contributed by atoms with E-state index in [0.717, 1.165) is 23.0 Å². The van der Waals surface area contributed by atoms with Gasteiger partial charge in [-0.2, -0.15) is 0 Å². The first-order chi connectivity index (χ1) is 15.6. The zero-order valence-corrected chi connectivity index (χ0v) is 21.9. The van der Waals surface area contributed by atoms with Gasteiger partial charge in [0.05, 0.1) is 30.8 Å². The fourth-order valence-electron chi connectivity index (χ4n) is 2.77. The van der Waals surface area contributed by atoms with E-state index in [4.69, 9.17) is 10.5 Å². The third-order valence-electron chi connectivity index (χ3n) is 4.18. The Hall–Kier alpha value is -2.55. The molecule has 0 aliphatic rings. The monoisotopic (exact) mass is 532 g/mol. The van der Waals surface area contributed by atoms with Gasteiger partial charge in [0, 0.05) is 6.26 Å². The molecule has 1 aromatic carbocycles. The number of sulfone groups is 1. The van der Waals surface area contributed by atoms with Gasteiger partial charge in [-0.1, -0.05) is 31.3 Å². The molecule has 11 nitrogen and oxygen atoms in total. The maximum Gasteiger partial charge on any atom is 0.242 e. The van der Waals surface area contributed by atoms with Crippen LogP contribution < -0.4 is 20.1 Å². The number of aryl methyl sites for hydroxylation is 1. The van der Waals surface area contributed by atoms with E-state index in [1.165, 1.54) is 0 Å². The Morgan fingerprint density at radius 1 is 1.21 bits per heavy atom. The number of hydrogen-bond donors (Lipinski definition) is 2. The number of anilines is 2. The van der Waals surface area contributed by atoms with Crippen molar-refractivity contribution < 1.29 is 31.2 Å². The van der Waals surface area contributed by atoms with Crippen LogP contribution in [0.3, 0.4) is 0 Å². The van der Waals surface area contributed by atoms with Crippen molar-refractivity contribution in [2.24, 2.45) is 11.7 Å². The molecule has 1 heterocycles. The number of benzene rings is 1. The topological polar surface area (TPSA) is 166 Å². The third kappa shape index (κ3) is 7.75. The molecule has 2 amide bonds. The largest absolute Gasteiger partial charge is 0.491 e. The van der Waals surface area contributed by atoms with Gasteiger partial charge in [0.25, 0.3) is 0 Å². The highest BCUT2D eigenvalue weighted by molar-refractivity contribution is 7.93. The van der Waals surface area contributed by atoms with Crippen molar-refractivity contribution in [1.82, 2.24) is 9.71 Å². The molecule has 0 spiro atoms. The van der Waals surface area contributed by atoms with Gasteiger partial charge in [0.1, 0.15) is 16.4 Å². The van der Waals surface area contributed by atoms with Crippen molar-refractivity contribution in [1.29, 1.82) is 0 Å². The van der Waals surface area contributed by atoms with E-state index in [2.05, 4.69) is 9.71 Å². The first-order valence-corrected chi connectivity index (χ1v) is 14.7. The molecular weight excluding hydrogens is 504 g/mol. The second-order valence-corrected chi connectivity index (χ2v) is 13.2. The van der Waals surface area contributed by atoms with Crippen LogP contribution in [0.2, 0.25) is 0 Å². The highest BCUT2D eigenvalue weighted by atomic mass is 32.2. The fourth-order valence-corrected chi connectivity index (χ4v) is 5.40. The van der Waals surface area contributed by atoms with Crippen LogP contribution in [0.1, 0.15) is 31.5 Å². The van der Waals surface area contributed by atoms with Crippen LogP contribution in [0.4, 0.5) is 10.8 Å². The summed E-state index contributed by atoms with van der Waals surface area (Å²) in [7, 11) is -7.47. The van der Waals surface area contributed by atoms with Gasteiger partial charge in [0.15, 0.2) is 15.0 Å². The van der Waals surface area contributed by atoms with Crippen molar-refractivity contribution in [3.05, 3.63) is 29.5 Å². The van der Waals surface area contributed by atoms with Gasteiger partial charge in [-0.15, -0.1) is 0 Å². The molecule has 0 aliphatic heterocycles. The molecule has 1 aromatic heterocycles.